The molecular formula is C17H10F3N3O2S. The summed E-state index contributed by atoms with van der Waals surface area (Å²) < 4.78 is 49.1. The van der Waals surface area contributed by atoms with Crippen LogP contribution in [0.5, 0.6) is 0 Å². The third-order valence-corrected chi connectivity index (χ3v) is 4.32. The molecule has 2 heterocycles. The maximum Gasteiger partial charge on any atom is 0.416 e. The molecule has 4 rings (SSSR count). The maximum atomic E-state index is 12.8. The zero-order chi connectivity index (χ0) is 18.1. The van der Waals surface area contributed by atoms with Gasteiger partial charge in [-0.15, -0.1) is 0 Å². The van der Waals surface area contributed by atoms with Gasteiger partial charge < -0.3 is 8.94 Å². The van der Waals surface area contributed by atoms with Crippen molar-refractivity contribution in [3.63, 3.8) is 0 Å². The first-order valence-corrected chi connectivity index (χ1v) is 8.46. The van der Waals surface area contributed by atoms with Crippen molar-refractivity contribution in [1.29, 1.82) is 0 Å². The van der Waals surface area contributed by atoms with Gasteiger partial charge in [-0.2, -0.15) is 18.2 Å². The van der Waals surface area contributed by atoms with Gasteiger partial charge in [-0.3, -0.25) is 0 Å². The van der Waals surface area contributed by atoms with E-state index in [-0.39, 0.29) is 17.3 Å². The van der Waals surface area contributed by atoms with Gasteiger partial charge in [0.15, 0.2) is 5.58 Å². The van der Waals surface area contributed by atoms with Gasteiger partial charge in [-0.25, -0.2) is 4.98 Å². The molecule has 0 bridgehead atoms. The second-order valence-corrected chi connectivity index (χ2v) is 6.25. The van der Waals surface area contributed by atoms with Crippen LogP contribution in [-0.4, -0.2) is 15.1 Å². The Kier molecular flexibility index (Phi) is 4.15. The lowest BCUT2D eigenvalue weighted by Gasteiger charge is -2.06. The van der Waals surface area contributed by atoms with E-state index < -0.39 is 11.7 Å². The van der Waals surface area contributed by atoms with E-state index >= 15 is 0 Å². The summed E-state index contributed by atoms with van der Waals surface area (Å²) in [7, 11) is 0. The number of alkyl halides is 3. The van der Waals surface area contributed by atoms with Crippen LogP contribution in [0.25, 0.3) is 22.5 Å². The van der Waals surface area contributed by atoms with Crippen molar-refractivity contribution in [3.8, 4) is 11.4 Å². The Morgan fingerprint density at radius 3 is 2.65 bits per heavy atom. The first-order valence-electron chi connectivity index (χ1n) is 7.47. The molecule has 132 valence electrons. The molecule has 0 aliphatic rings. The predicted octanol–water partition coefficient (Wildman–Crippen LogP) is 5.19. The highest BCUT2D eigenvalue weighted by Gasteiger charge is 2.30. The van der Waals surface area contributed by atoms with Crippen LogP contribution in [0.1, 0.15) is 11.5 Å². The highest BCUT2D eigenvalue weighted by molar-refractivity contribution is 7.98. The van der Waals surface area contributed by atoms with Gasteiger partial charge in [0, 0.05) is 5.56 Å². The zero-order valence-corrected chi connectivity index (χ0v) is 13.8. The molecule has 0 radical (unpaired) electrons. The fourth-order valence-corrected chi connectivity index (χ4v) is 2.98. The molecule has 5 nitrogen and oxygen atoms in total. The number of para-hydroxylation sites is 2. The normalized spacial score (nSPS) is 12.0. The van der Waals surface area contributed by atoms with Crippen LogP contribution in [0.4, 0.5) is 13.2 Å². The number of hydrogen-bond donors (Lipinski definition) is 0. The highest BCUT2D eigenvalue weighted by Crippen LogP contribution is 2.32. The number of thioether (sulfide) groups is 1. The first-order chi connectivity index (χ1) is 12.5. The third kappa shape index (κ3) is 3.43. The minimum atomic E-state index is -4.43. The number of benzene rings is 2. The Labute approximate surface area is 149 Å². The van der Waals surface area contributed by atoms with Crippen LogP contribution in [0, 0.1) is 0 Å². The van der Waals surface area contributed by atoms with Crippen molar-refractivity contribution in [2.45, 2.75) is 17.2 Å². The minimum absolute atomic E-state index is 0.101. The molecule has 0 spiro atoms. The van der Waals surface area contributed by atoms with E-state index in [0.717, 1.165) is 17.6 Å². The summed E-state index contributed by atoms with van der Waals surface area (Å²) >= 11 is 1.26. The molecule has 9 heteroatoms. The second kappa shape index (κ2) is 6.49. The first kappa shape index (κ1) is 16.6. The topological polar surface area (TPSA) is 65.0 Å². The molecule has 26 heavy (non-hydrogen) atoms. The van der Waals surface area contributed by atoms with Gasteiger partial charge >= 0.3 is 6.18 Å². The van der Waals surface area contributed by atoms with E-state index in [9.17, 15) is 13.2 Å². The van der Waals surface area contributed by atoms with Gasteiger partial charge in [0.25, 0.3) is 5.22 Å². The van der Waals surface area contributed by atoms with E-state index in [1.54, 1.807) is 0 Å². The molecule has 2 aromatic carbocycles. The lowest BCUT2D eigenvalue weighted by atomic mass is 10.1. The molecule has 0 amide bonds. The zero-order valence-electron chi connectivity index (χ0n) is 13.0. The smallest absolute Gasteiger partial charge is 0.416 e. The average molecular weight is 377 g/mol. The van der Waals surface area contributed by atoms with Crippen LogP contribution < -0.4 is 0 Å². The van der Waals surface area contributed by atoms with Crippen molar-refractivity contribution in [2.75, 3.05) is 0 Å². The van der Waals surface area contributed by atoms with E-state index in [1.165, 1.54) is 23.9 Å². The Balaban J connectivity index is 1.49. The summed E-state index contributed by atoms with van der Waals surface area (Å²) in [6.45, 7) is 0. The predicted molar refractivity (Wildman–Crippen MR) is 88.3 cm³/mol. The van der Waals surface area contributed by atoms with Crippen molar-refractivity contribution < 1.29 is 22.1 Å². The fraction of sp³-hybridized carbons (Fsp3) is 0.118. The number of halogens is 3. The molecule has 0 N–H and O–H groups in total. The molecule has 2 aromatic heterocycles. The van der Waals surface area contributed by atoms with Crippen molar-refractivity contribution >= 4 is 22.9 Å². The van der Waals surface area contributed by atoms with Gasteiger partial charge in [-0.05, 0) is 24.3 Å². The van der Waals surface area contributed by atoms with Crippen LogP contribution in [0.15, 0.2) is 62.7 Å². The van der Waals surface area contributed by atoms with Crippen LogP contribution in [-0.2, 0) is 11.9 Å². The van der Waals surface area contributed by atoms with Gasteiger partial charge in [-0.1, -0.05) is 41.2 Å². The summed E-state index contributed by atoms with van der Waals surface area (Å²) in [5.74, 6) is 0.660. The van der Waals surface area contributed by atoms with E-state index in [1.807, 2.05) is 24.3 Å². The molecule has 0 aliphatic heterocycles. The largest absolute Gasteiger partial charge is 0.431 e. The van der Waals surface area contributed by atoms with E-state index in [4.69, 9.17) is 8.94 Å². The third-order valence-electron chi connectivity index (χ3n) is 3.51. The summed E-state index contributed by atoms with van der Waals surface area (Å²) in [6.07, 6.45) is -4.43. The highest BCUT2D eigenvalue weighted by atomic mass is 32.2. The number of oxazole rings is 1. The monoisotopic (exact) mass is 377 g/mol. The van der Waals surface area contributed by atoms with Crippen LogP contribution in [0.2, 0.25) is 0 Å². The van der Waals surface area contributed by atoms with Crippen molar-refractivity contribution in [3.05, 3.63) is 60.0 Å². The van der Waals surface area contributed by atoms with Crippen LogP contribution >= 0.6 is 11.8 Å². The molecule has 0 atom stereocenters. The maximum absolute atomic E-state index is 12.8. The van der Waals surface area contributed by atoms with E-state index in [2.05, 4.69) is 15.1 Å². The Hall–Kier alpha value is -2.81. The van der Waals surface area contributed by atoms with Gasteiger partial charge in [0.05, 0.1) is 11.3 Å². The molecule has 4 aromatic rings. The number of fused-ring (bicyclic) bond motifs is 1. The molecule has 0 aliphatic carbocycles. The molecule has 0 saturated carbocycles. The second-order valence-electron chi connectivity index (χ2n) is 5.33. The average Bonchev–Trinajstić information content (AvgIpc) is 3.26. The molecule has 0 saturated heterocycles. The summed E-state index contributed by atoms with van der Waals surface area (Å²) in [6, 6.07) is 12.1. The minimum Gasteiger partial charge on any atom is -0.431 e. The van der Waals surface area contributed by atoms with Crippen molar-refractivity contribution in [1.82, 2.24) is 15.1 Å². The van der Waals surface area contributed by atoms with Crippen LogP contribution in [0.3, 0.4) is 0 Å². The Morgan fingerprint density at radius 1 is 1.00 bits per heavy atom. The number of aromatic nitrogens is 3. The number of nitrogens with zero attached hydrogens (tertiary/aromatic N) is 3. The van der Waals surface area contributed by atoms with E-state index in [0.29, 0.717) is 16.6 Å². The summed E-state index contributed by atoms with van der Waals surface area (Å²) in [4.78, 5) is 8.45. The molecular weight excluding hydrogens is 367 g/mol. The number of hydrogen-bond acceptors (Lipinski definition) is 6. The van der Waals surface area contributed by atoms with Gasteiger partial charge in [0.2, 0.25) is 11.7 Å². The fourth-order valence-electron chi connectivity index (χ4n) is 2.30. The lowest BCUT2D eigenvalue weighted by molar-refractivity contribution is -0.137. The molecule has 0 unspecified atom stereocenters. The molecule has 0 fully saturated rings. The van der Waals surface area contributed by atoms with Gasteiger partial charge in [0.1, 0.15) is 5.52 Å². The Morgan fingerprint density at radius 2 is 1.85 bits per heavy atom. The van der Waals surface area contributed by atoms with Crippen molar-refractivity contribution in [2.24, 2.45) is 0 Å². The summed E-state index contributed by atoms with van der Waals surface area (Å²) in [5, 5.41) is 4.20. The lowest BCUT2D eigenvalue weighted by Crippen LogP contribution is -2.04. The number of rotatable bonds is 4. The SMILES string of the molecule is FC(F)(F)c1cccc(-c2noc(CSc3nc4ccccc4o3)n2)c1. The Bertz CT molecular complexity index is 1030. The standard InChI is InChI=1S/C17H10F3N3O2S/c18-17(19,20)11-5-3-4-10(8-11)15-22-14(25-23-15)9-26-16-21-12-6-1-2-7-13(12)24-16/h1-8H,9H2. The summed E-state index contributed by atoms with van der Waals surface area (Å²) in [5.41, 5.74) is 0.888. The quantitative estimate of drug-likeness (QED) is 0.456.